The predicted octanol–water partition coefficient (Wildman–Crippen LogP) is 3.05. The molecule has 0 radical (unpaired) electrons. The first-order chi connectivity index (χ1) is 7.83. The topological polar surface area (TPSA) is 46.5 Å². The van der Waals surface area contributed by atoms with Crippen LogP contribution in [0.1, 0.15) is 66.2 Å². The van der Waals surface area contributed by atoms with E-state index in [4.69, 9.17) is 4.74 Å². The normalized spacial score (nSPS) is 30.1. The largest absolute Gasteiger partial charge is 0.462 e. The summed E-state index contributed by atoms with van der Waals surface area (Å²) in [4.78, 5) is 11.9. The first kappa shape index (κ1) is 14.5. The Labute approximate surface area is 105 Å². The molecule has 0 aliphatic heterocycles. The van der Waals surface area contributed by atoms with Crippen molar-refractivity contribution in [3.63, 3.8) is 0 Å². The minimum Gasteiger partial charge on any atom is -0.462 e. The van der Waals surface area contributed by atoms with E-state index in [-0.39, 0.29) is 12.1 Å². The van der Waals surface area contributed by atoms with Crippen LogP contribution in [-0.4, -0.2) is 22.8 Å². The third-order valence-electron chi connectivity index (χ3n) is 4.23. The lowest BCUT2D eigenvalue weighted by molar-refractivity contribution is -0.164. The standard InChI is InChI=1S/C14H26O3/c1-5-13(3,4)12(15)17-11-7-9-14(16,6-2)10-8-11/h11,16H,5-10H2,1-4H3. The lowest BCUT2D eigenvalue weighted by atomic mass is 9.81. The van der Waals surface area contributed by atoms with Crippen LogP contribution in [0.5, 0.6) is 0 Å². The molecule has 100 valence electrons. The number of rotatable bonds is 4. The van der Waals surface area contributed by atoms with E-state index in [2.05, 4.69) is 0 Å². The molecule has 0 saturated heterocycles. The molecular weight excluding hydrogens is 216 g/mol. The van der Waals surface area contributed by atoms with Gasteiger partial charge >= 0.3 is 5.97 Å². The maximum Gasteiger partial charge on any atom is 0.311 e. The molecule has 0 bridgehead atoms. The zero-order valence-electron chi connectivity index (χ0n) is 11.6. The Kier molecular flexibility index (Phi) is 4.59. The maximum absolute atomic E-state index is 11.9. The lowest BCUT2D eigenvalue weighted by Gasteiger charge is -2.36. The van der Waals surface area contributed by atoms with Gasteiger partial charge in [0.1, 0.15) is 6.10 Å². The molecule has 0 aromatic heterocycles. The summed E-state index contributed by atoms with van der Waals surface area (Å²) in [7, 11) is 0. The van der Waals surface area contributed by atoms with Crippen molar-refractivity contribution < 1.29 is 14.6 Å². The summed E-state index contributed by atoms with van der Waals surface area (Å²) in [6.45, 7) is 7.84. The van der Waals surface area contributed by atoms with Crippen molar-refractivity contribution in [1.29, 1.82) is 0 Å². The van der Waals surface area contributed by atoms with Crippen molar-refractivity contribution in [3.8, 4) is 0 Å². The second-order valence-corrected chi connectivity index (χ2v) is 5.92. The fraction of sp³-hybridized carbons (Fsp3) is 0.929. The number of hydrogen-bond donors (Lipinski definition) is 1. The first-order valence-electron chi connectivity index (χ1n) is 6.76. The minimum atomic E-state index is -0.525. The fourth-order valence-electron chi connectivity index (χ4n) is 2.06. The average molecular weight is 242 g/mol. The van der Waals surface area contributed by atoms with E-state index in [1.165, 1.54) is 0 Å². The highest BCUT2D eigenvalue weighted by atomic mass is 16.5. The molecule has 0 aromatic rings. The summed E-state index contributed by atoms with van der Waals surface area (Å²) in [5.41, 5.74) is -0.915. The Hall–Kier alpha value is -0.570. The predicted molar refractivity (Wildman–Crippen MR) is 67.7 cm³/mol. The highest BCUT2D eigenvalue weighted by Gasteiger charge is 2.35. The van der Waals surface area contributed by atoms with Crippen molar-refractivity contribution >= 4 is 5.97 Å². The van der Waals surface area contributed by atoms with Gasteiger partial charge in [0, 0.05) is 0 Å². The van der Waals surface area contributed by atoms with Crippen molar-refractivity contribution in [1.82, 2.24) is 0 Å². The van der Waals surface area contributed by atoms with E-state index in [0.29, 0.717) is 0 Å². The third-order valence-corrected chi connectivity index (χ3v) is 4.23. The van der Waals surface area contributed by atoms with Crippen molar-refractivity contribution in [3.05, 3.63) is 0 Å². The molecule has 3 nitrogen and oxygen atoms in total. The molecule has 1 rings (SSSR count). The number of carbonyl (C=O) groups excluding carboxylic acids is 1. The van der Waals surface area contributed by atoms with Crippen molar-refractivity contribution in [2.45, 2.75) is 77.9 Å². The lowest BCUT2D eigenvalue weighted by Crippen LogP contribution is -2.38. The van der Waals surface area contributed by atoms with Crippen LogP contribution in [0.25, 0.3) is 0 Å². The molecule has 1 N–H and O–H groups in total. The van der Waals surface area contributed by atoms with E-state index >= 15 is 0 Å². The van der Waals surface area contributed by atoms with Gasteiger partial charge in [-0.2, -0.15) is 0 Å². The summed E-state index contributed by atoms with van der Waals surface area (Å²) in [5, 5.41) is 10.1. The average Bonchev–Trinajstić information content (AvgIpc) is 2.32. The van der Waals surface area contributed by atoms with E-state index in [0.717, 1.165) is 38.5 Å². The minimum absolute atomic E-state index is 0.000139. The monoisotopic (exact) mass is 242 g/mol. The van der Waals surface area contributed by atoms with Crippen LogP contribution in [0.4, 0.5) is 0 Å². The van der Waals surface area contributed by atoms with Crippen LogP contribution < -0.4 is 0 Å². The number of carbonyl (C=O) groups is 1. The number of aliphatic hydroxyl groups is 1. The zero-order valence-corrected chi connectivity index (χ0v) is 11.6. The van der Waals surface area contributed by atoms with Gasteiger partial charge < -0.3 is 9.84 Å². The quantitative estimate of drug-likeness (QED) is 0.771. The summed E-state index contributed by atoms with van der Waals surface area (Å²) in [6, 6.07) is 0. The molecule has 1 aliphatic carbocycles. The molecule has 0 unspecified atom stereocenters. The Bertz CT molecular complexity index is 263. The molecule has 0 amide bonds. The van der Waals surface area contributed by atoms with Crippen LogP contribution >= 0.6 is 0 Å². The van der Waals surface area contributed by atoms with Crippen LogP contribution in [-0.2, 0) is 9.53 Å². The SMILES string of the molecule is CCC1(O)CCC(OC(=O)C(C)(C)CC)CC1. The van der Waals surface area contributed by atoms with Gasteiger partial charge in [-0.1, -0.05) is 13.8 Å². The summed E-state index contributed by atoms with van der Waals surface area (Å²) in [6.07, 6.45) is 4.64. The molecule has 17 heavy (non-hydrogen) atoms. The molecule has 1 aliphatic rings. The van der Waals surface area contributed by atoms with E-state index in [1.807, 2.05) is 27.7 Å². The fourth-order valence-corrected chi connectivity index (χ4v) is 2.06. The molecule has 1 fully saturated rings. The number of hydrogen-bond acceptors (Lipinski definition) is 3. The number of ether oxygens (including phenoxy) is 1. The Morgan fingerprint density at radius 2 is 1.88 bits per heavy atom. The third kappa shape index (κ3) is 3.70. The van der Waals surface area contributed by atoms with E-state index in [1.54, 1.807) is 0 Å². The van der Waals surface area contributed by atoms with Gasteiger partial charge in [0.25, 0.3) is 0 Å². The smallest absolute Gasteiger partial charge is 0.311 e. The Morgan fingerprint density at radius 3 is 2.29 bits per heavy atom. The summed E-state index contributed by atoms with van der Waals surface area (Å²) in [5.74, 6) is -0.105. The van der Waals surface area contributed by atoms with Gasteiger partial charge in [0.05, 0.1) is 11.0 Å². The molecule has 0 heterocycles. The van der Waals surface area contributed by atoms with E-state index < -0.39 is 11.0 Å². The molecule has 0 atom stereocenters. The molecule has 0 aromatic carbocycles. The molecular formula is C14H26O3. The van der Waals surface area contributed by atoms with Gasteiger partial charge in [-0.25, -0.2) is 0 Å². The Balaban J connectivity index is 2.44. The Morgan fingerprint density at radius 1 is 1.35 bits per heavy atom. The van der Waals surface area contributed by atoms with Crippen LogP contribution in [0, 0.1) is 5.41 Å². The van der Waals surface area contributed by atoms with Crippen LogP contribution in [0.2, 0.25) is 0 Å². The highest BCUT2D eigenvalue weighted by molar-refractivity contribution is 5.75. The number of esters is 1. The summed E-state index contributed by atoms with van der Waals surface area (Å²) < 4.78 is 5.53. The maximum atomic E-state index is 11.9. The van der Waals surface area contributed by atoms with Crippen LogP contribution in [0.15, 0.2) is 0 Å². The van der Waals surface area contributed by atoms with Gasteiger partial charge in [-0.3, -0.25) is 4.79 Å². The highest BCUT2D eigenvalue weighted by Crippen LogP contribution is 2.33. The van der Waals surface area contributed by atoms with Crippen LogP contribution in [0.3, 0.4) is 0 Å². The van der Waals surface area contributed by atoms with E-state index in [9.17, 15) is 9.90 Å². The van der Waals surface area contributed by atoms with Gasteiger partial charge in [-0.05, 0) is 52.4 Å². The molecule has 3 heteroatoms. The second kappa shape index (κ2) is 5.38. The molecule has 0 spiro atoms. The van der Waals surface area contributed by atoms with Gasteiger partial charge in [0.2, 0.25) is 0 Å². The summed E-state index contributed by atoms with van der Waals surface area (Å²) >= 11 is 0. The first-order valence-corrected chi connectivity index (χ1v) is 6.76. The molecule has 1 saturated carbocycles. The zero-order chi connectivity index (χ0) is 13.1. The second-order valence-electron chi connectivity index (χ2n) is 5.92. The van der Waals surface area contributed by atoms with Crippen molar-refractivity contribution in [2.75, 3.05) is 0 Å². The van der Waals surface area contributed by atoms with Crippen molar-refractivity contribution in [2.24, 2.45) is 5.41 Å². The van der Waals surface area contributed by atoms with Gasteiger partial charge in [-0.15, -0.1) is 0 Å². The van der Waals surface area contributed by atoms with Gasteiger partial charge in [0.15, 0.2) is 0 Å².